The quantitative estimate of drug-likeness (QED) is 0.264. The average molecular weight is 672 g/mol. The van der Waals surface area contributed by atoms with Crippen molar-refractivity contribution < 1.29 is 33.4 Å². The molecule has 2 atom stereocenters. The number of ether oxygens (including phenoxy) is 2. The number of nitrogens with one attached hydrogen (secondary N) is 1. The highest BCUT2D eigenvalue weighted by Crippen LogP contribution is 2.33. The predicted octanol–water partition coefficient (Wildman–Crippen LogP) is 5.84. The minimum Gasteiger partial charge on any atom is -0.481 e. The Hall–Kier alpha value is -3.09. The molecule has 3 heterocycles. The Labute approximate surface area is 276 Å². The second-order valence-electron chi connectivity index (χ2n) is 12.5. The summed E-state index contributed by atoms with van der Waals surface area (Å²) in [5.41, 5.74) is 0.782. The Balaban J connectivity index is 1.11. The minimum atomic E-state index is -0.757. The number of carboxylic acid groups (broad SMARTS) is 1. The van der Waals surface area contributed by atoms with Crippen molar-refractivity contribution in [3.05, 3.63) is 63.7 Å². The van der Waals surface area contributed by atoms with Crippen LogP contribution in [0.2, 0.25) is 5.02 Å². The van der Waals surface area contributed by atoms with E-state index < -0.39 is 11.8 Å². The van der Waals surface area contributed by atoms with E-state index in [4.69, 9.17) is 21.1 Å². The summed E-state index contributed by atoms with van der Waals surface area (Å²) in [7, 11) is 0. The van der Waals surface area contributed by atoms with Crippen LogP contribution in [-0.4, -0.2) is 89.8 Å². The van der Waals surface area contributed by atoms with Gasteiger partial charge in [-0.05, 0) is 62.8 Å². The molecular weight excluding hydrogens is 633 g/mol. The molecule has 246 valence electrons. The monoisotopic (exact) mass is 671 g/mol. The van der Waals surface area contributed by atoms with Crippen LogP contribution in [0.5, 0.6) is 0 Å². The summed E-state index contributed by atoms with van der Waals surface area (Å²) < 4.78 is 28.4. The minimum absolute atomic E-state index is 0.0379. The molecule has 2 aromatic carbocycles. The first-order valence-corrected chi connectivity index (χ1v) is 17.2. The fourth-order valence-electron chi connectivity index (χ4n) is 6.88. The van der Waals surface area contributed by atoms with E-state index in [1.165, 1.54) is 23.5 Å². The van der Waals surface area contributed by atoms with E-state index in [1.54, 1.807) is 10.3 Å². The van der Waals surface area contributed by atoms with Gasteiger partial charge in [-0.25, -0.2) is 4.39 Å². The van der Waals surface area contributed by atoms with Gasteiger partial charge in [0.05, 0.1) is 53.5 Å². The molecule has 1 aliphatic carbocycles. The van der Waals surface area contributed by atoms with Crippen molar-refractivity contribution in [1.82, 2.24) is 9.80 Å². The van der Waals surface area contributed by atoms with Gasteiger partial charge < -0.3 is 24.8 Å². The molecule has 6 rings (SSSR count). The van der Waals surface area contributed by atoms with Crippen LogP contribution in [0, 0.1) is 11.7 Å². The number of amides is 2. The first-order valence-electron chi connectivity index (χ1n) is 15.9. The van der Waals surface area contributed by atoms with Crippen molar-refractivity contribution in [2.45, 2.75) is 69.7 Å². The van der Waals surface area contributed by atoms with Gasteiger partial charge in [0, 0.05) is 47.7 Å². The number of anilines is 1. The second-order valence-corrected chi connectivity index (χ2v) is 13.8. The lowest BCUT2D eigenvalue weighted by atomic mass is 9.87. The van der Waals surface area contributed by atoms with Crippen molar-refractivity contribution >= 4 is 56.5 Å². The smallest absolute Gasteiger partial charge is 0.306 e. The molecule has 3 aliphatic rings. The number of hydrogen-bond acceptors (Lipinski definition) is 7. The van der Waals surface area contributed by atoms with Crippen molar-refractivity contribution in [2.75, 3.05) is 38.2 Å². The zero-order chi connectivity index (χ0) is 32.4. The lowest BCUT2D eigenvalue weighted by Gasteiger charge is -2.42. The number of likely N-dealkylation sites (tertiary alicyclic amines) is 2. The van der Waals surface area contributed by atoms with E-state index in [1.807, 2.05) is 31.2 Å². The average Bonchev–Trinajstić information content (AvgIpc) is 3.65. The van der Waals surface area contributed by atoms with E-state index >= 15 is 4.39 Å². The summed E-state index contributed by atoms with van der Waals surface area (Å²) in [6.07, 6.45) is 3.25. The molecule has 12 heteroatoms. The standard InChI is InChI=1S/C34H39ClFN3O6S/c1-2-44-25-16-38(17-25)22-13-23(18-45-24-9-7-20(8-10-24)34(42)43)39(15-22)32(40)12-21-11-28(35)30(14-29(21)36)37-33(41)27-19-46-31-6-4-3-5-26(27)31/h3-6,11,14,19-20,22-25H,2,7-10,12-13,15-18H2,1H3,(H,37,41)(H,42,43)/t20-,22-,23-,24-/m0/s1. The number of nitrogens with zero attached hydrogens (tertiary/aromatic N) is 2. The third kappa shape index (κ3) is 7.23. The zero-order valence-electron chi connectivity index (χ0n) is 25.8. The molecule has 2 amide bonds. The van der Waals surface area contributed by atoms with Gasteiger partial charge in [-0.3, -0.25) is 19.3 Å². The zero-order valence-corrected chi connectivity index (χ0v) is 27.3. The second kappa shape index (κ2) is 14.4. The Bertz CT molecular complexity index is 1590. The molecule has 3 fully saturated rings. The van der Waals surface area contributed by atoms with E-state index in [9.17, 15) is 19.5 Å². The summed E-state index contributed by atoms with van der Waals surface area (Å²) >= 11 is 7.97. The number of carbonyl (C=O) groups is 3. The van der Waals surface area contributed by atoms with Gasteiger partial charge in [0.2, 0.25) is 5.91 Å². The highest BCUT2D eigenvalue weighted by atomic mass is 35.5. The predicted molar refractivity (Wildman–Crippen MR) is 175 cm³/mol. The number of benzene rings is 2. The maximum Gasteiger partial charge on any atom is 0.306 e. The number of halogens is 2. The lowest BCUT2D eigenvalue weighted by Crippen LogP contribution is -2.57. The molecule has 2 saturated heterocycles. The highest BCUT2D eigenvalue weighted by molar-refractivity contribution is 7.17. The molecule has 2 aliphatic heterocycles. The van der Waals surface area contributed by atoms with Crippen molar-refractivity contribution in [1.29, 1.82) is 0 Å². The Morgan fingerprint density at radius 2 is 1.83 bits per heavy atom. The van der Waals surface area contributed by atoms with Crippen LogP contribution in [0.1, 0.15) is 54.9 Å². The van der Waals surface area contributed by atoms with E-state index in [-0.39, 0.29) is 64.7 Å². The van der Waals surface area contributed by atoms with Gasteiger partial charge in [-0.15, -0.1) is 11.3 Å². The highest BCUT2D eigenvalue weighted by Gasteiger charge is 2.42. The van der Waals surface area contributed by atoms with E-state index in [0.29, 0.717) is 51.0 Å². The molecule has 3 aromatic rings. The molecule has 0 radical (unpaired) electrons. The number of aliphatic carboxylic acids is 1. The Morgan fingerprint density at radius 1 is 1.07 bits per heavy atom. The first kappa shape index (κ1) is 32.8. The number of thiophene rings is 1. The third-order valence-electron chi connectivity index (χ3n) is 9.51. The van der Waals surface area contributed by atoms with Crippen LogP contribution in [0.25, 0.3) is 10.1 Å². The molecule has 46 heavy (non-hydrogen) atoms. The van der Waals surface area contributed by atoms with Gasteiger partial charge in [-0.2, -0.15) is 0 Å². The Morgan fingerprint density at radius 3 is 2.57 bits per heavy atom. The maximum absolute atomic E-state index is 15.4. The third-order valence-corrected chi connectivity index (χ3v) is 10.8. The SMILES string of the molecule is CCOC1CN([C@H]2C[C@@H](CO[C@H]3CC[C@H](C(=O)O)CC3)N(C(=O)Cc3cc(Cl)c(NC(=O)c4csc5ccccc45)cc3F)C2)C1. The topological polar surface area (TPSA) is 108 Å². The largest absolute Gasteiger partial charge is 0.481 e. The Kier molecular flexibility index (Phi) is 10.2. The maximum atomic E-state index is 15.4. The van der Waals surface area contributed by atoms with Gasteiger partial charge in [0.15, 0.2) is 0 Å². The first-order chi connectivity index (χ1) is 22.2. The van der Waals surface area contributed by atoms with Crippen LogP contribution in [0.4, 0.5) is 10.1 Å². The fraction of sp³-hybridized carbons (Fsp3) is 0.500. The van der Waals surface area contributed by atoms with Crippen molar-refractivity contribution in [3.63, 3.8) is 0 Å². The normalized spacial score (nSPS) is 23.8. The lowest BCUT2D eigenvalue weighted by molar-refractivity contribution is -0.144. The van der Waals surface area contributed by atoms with Crippen LogP contribution in [0.15, 0.2) is 41.8 Å². The molecule has 2 N–H and O–H groups in total. The molecule has 1 aromatic heterocycles. The number of carboxylic acids is 1. The molecule has 9 nitrogen and oxygen atoms in total. The fourth-order valence-corrected chi connectivity index (χ4v) is 8.05. The summed E-state index contributed by atoms with van der Waals surface area (Å²) in [5.74, 6) is -2.31. The molecule has 1 saturated carbocycles. The number of rotatable bonds is 11. The molecule has 0 spiro atoms. The molecule has 0 unspecified atom stereocenters. The van der Waals surface area contributed by atoms with Crippen LogP contribution >= 0.6 is 22.9 Å². The van der Waals surface area contributed by atoms with Crippen molar-refractivity contribution in [3.8, 4) is 0 Å². The van der Waals surface area contributed by atoms with E-state index in [2.05, 4.69) is 10.2 Å². The van der Waals surface area contributed by atoms with Crippen LogP contribution in [0.3, 0.4) is 0 Å². The van der Waals surface area contributed by atoms with Gasteiger partial charge in [0.1, 0.15) is 5.82 Å². The summed E-state index contributed by atoms with van der Waals surface area (Å²) in [6, 6.07) is 10.1. The van der Waals surface area contributed by atoms with Crippen molar-refractivity contribution in [2.24, 2.45) is 5.92 Å². The van der Waals surface area contributed by atoms with Crippen LogP contribution in [-0.2, 0) is 25.5 Å². The molecule has 0 bridgehead atoms. The summed E-state index contributed by atoms with van der Waals surface area (Å²) in [5, 5.41) is 14.8. The van der Waals surface area contributed by atoms with Crippen LogP contribution < -0.4 is 5.32 Å². The summed E-state index contributed by atoms with van der Waals surface area (Å²) in [4.78, 5) is 42.2. The van der Waals surface area contributed by atoms with E-state index in [0.717, 1.165) is 29.6 Å². The number of carbonyl (C=O) groups excluding carboxylic acids is 2. The number of hydrogen-bond donors (Lipinski definition) is 2. The number of fused-ring (bicyclic) bond motifs is 1. The molecular formula is C34H39ClFN3O6S. The van der Waals surface area contributed by atoms with Gasteiger partial charge in [-0.1, -0.05) is 29.8 Å². The van der Waals surface area contributed by atoms with Gasteiger partial charge in [0.25, 0.3) is 5.91 Å². The summed E-state index contributed by atoms with van der Waals surface area (Å²) in [6.45, 7) is 5.12. The van der Waals surface area contributed by atoms with Gasteiger partial charge >= 0.3 is 5.97 Å².